The van der Waals surface area contributed by atoms with E-state index < -0.39 is 58.5 Å². The number of alkyl carbamates (subject to hydrolysis) is 1. The second-order valence-corrected chi connectivity index (χ2v) is 9.55. The first kappa shape index (κ1) is 29.3. The van der Waals surface area contributed by atoms with Crippen molar-refractivity contribution in [1.82, 2.24) is 5.32 Å². The molecule has 4 aromatic rings. The van der Waals surface area contributed by atoms with Crippen molar-refractivity contribution in [1.29, 1.82) is 0 Å². The number of esters is 1. The number of ether oxygens (including phenoxy) is 2. The summed E-state index contributed by atoms with van der Waals surface area (Å²) in [6.07, 6.45) is -1.33. The molecule has 0 saturated carbocycles. The predicted octanol–water partition coefficient (Wildman–Crippen LogP) is 7.23. The average molecular weight is 570 g/mol. The second-order valence-electron chi connectivity index (χ2n) is 9.55. The Morgan fingerprint density at radius 3 is 1.76 bits per heavy atom. The molecule has 0 bridgehead atoms. The zero-order valence-electron chi connectivity index (χ0n) is 21.9. The van der Waals surface area contributed by atoms with Gasteiger partial charge in [-0.3, -0.25) is 0 Å². The Morgan fingerprint density at radius 2 is 1.20 bits per heavy atom. The monoisotopic (exact) mass is 569 g/mol. The van der Waals surface area contributed by atoms with Gasteiger partial charge in [0.25, 0.3) is 0 Å². The van der Waals surface area contributed by atoms with Crippen LogP contribution in [0.15, 0.2) is 84.9 Å². The van der Waals surface area contributed by atoms with Crippen LogP contribution in [-0.4, -0.2) is 18.1 Å². The molecule has 0 saturated heterocycles. The molecule has 0 aliphatic rings. The minimum atomic E-state index is -2.40. The first-order chi connectivity index (χ1) is 19.5. The fourth-order valence-corrected chi connectivity index (χ4v) is 4.05. The van der Waals surface area contributed by atoms with Crippen LogP contribution in [0.25, 0.3) is 11.1 Å². The highest BCUT2D eigenvalue weighted by atomic mass is 19.2. The maximum absolute atomic E-state index is 14.2. The molecule has 4 aromatic carbocycles. The molecule has 1 amide bonds. The summed E-state index contributed by atoms with van der Waals surface area (Å²) in [5.41, 5.74) is 1.86. The van der Waals surface area contributed by atoms with Gasteiger partial charge in [0.15, 0.2) is 0 Å². The number of benzene rings is 4. The van der Waals surface area contributed by atoms with Crippen LogP contribution in [-0.2, 0) is 21.6 Å². The molecule has 1 atom stereocenters. The maximum atomic E-state index is 14.2. The van der Waals surface area contributed by atoms with Gasteiger partial charge in [-0.05, 0) is 36.1 Å². The topological polar surface area (TPSA) is 64.6 Å². The lowest BCUT2D eigenvalue weighted by molar-refractivity contribution is -0.137. The molecule has 1 N–H and O–H groups in total. The lowest BCUT2D eigenvalue weighted by Crippen LogP contribution is -2.46. The number of carbonyl (C=O) groups excluding carboxylic acids is 2. The van der Waals surface area contributed by atoms with Crippen molar-refractivity contribution in [3.05, 3.63) is 125 Å². The van der Waals surface area contributed by atoms with Crippen molar-refractivity contribution in [3.63, 3.8) is 0 Å². The van der Waals surface area contributed by atoms with Gasteiger partial charge >= 0.3 is 12.1 Å². The van der Waals surface area contributed by atoms with Crippen LogP contribution in [0.2, 0.25) is 0 Å². The van der Waals surface area contributed by atoms with Crippen LogP contribution >= 0.6 is 0 Å². The molecule has 0 aliphatic carbocycles. The molecule has 0 aromatic heterocycles. The molecule has 0 heterocycles. The highest BCUT2D eigenvalue weighted by Gasteiger charge is 2.33. The highest BCUT2D eigenvalue weighted by Crippen LogP contribution is 2.30. The summed E-state index contributed by atoms with van der Waals surface area (Å²) in [5.74, 6) is -14.9. The zero-order chi connectivity index (χ0) is 29.7. The summed E-state index contributed by atoms with van der Waals surface area (Å²) in [7, 11) is 0. The molecule has 1 unspecified atom stereocenters. The fraction of sp³-hybridized carbons (Fsp3) is 0.161. The van der Waals surface area contributed by atoms with Gasteiger partial charge in [0, 0.05) is 6.42 Å². The van der Waals surface area contributed by atoms with Gasteiger partial charge in [0.1, 0.15) is 11.6 Å². The minimum absolute atomic E-state index is 0.240. The first-order valence-electron chi connectivity index (χ1n) is 12.4. The molecule has 41 heavy (non-hydrogen) atoms. The number of nitrogens with one attached hydrogen (secondary N) is 1. The van der Waals surface area contributed by atoms with Gasteiger partial charge in [0.05, 0.1) is 0 Å². The molecule has 0 fully saturated rings. The lowest BCUT2D eigenvalue weighted by atomic mass is 9.95. The Balaban J connectivity index is 1.53. The molecule has 212 valence electrons. The van der Waals surface area contributed by atoms with Gasteiger partial charge in [0.2, 0.25) is 34.8 Å². The summed E-state index contributed by atoms with van der Waals surface area (Å²) in [5, 5.41) is 2.29. The van der Waals surface area contributed by atoms with Crippen LogP contribution < -0.4 is 10.1 Å². The van der Waals surface area contributed by atoms with E-state index in [9.17, 15) is 31.5 Å². The SMILES string of the molecule is CC(C)(OC(=O)NC(Cc1ccccc1)C(=O)Oc1c(F)c(F)c(F)c(F)c1F)c1ccc(-c2ccccc2)cc1. The molecular formula is C31H24F5NO4. The number of amides is 1. The fourth-order valence-electron chi connectivity index (χ4n) is 4.05. The molecule has 10 heteroatoms. The molecule has 0 aliphatic heterocycles. The quantitative estimate of drug-likeness (QED) is 0.0800. The Morgan fingerprint density at radius 1 is 0.707 bits per heavy atom. The lowest BCUT2D eigenvalue weighted by Gasteiger charge is -2.27. The van der Waals surface area contributed by atoms with E-state index in [2.05, 4.69) is 10.1 Å². The minimum Gasteiger partial charge on any atom is -0.439 e. The van der Waals surface area contributed by atoms with E-state index in [1.54, 1.807) is 56.3 Å². The summed E-state index contributed by atoms with van der Waals surface area (Å²) >= 11 is 0. The predicted molar refractivity (Wildman–Crippen MR) is 140 cm³/mol. The second kappa shape index (κ2) is 12.2. The summed E-state index contributed by atoms with van der Waals surface area (Å²) in [4.78, 5) is 25.8. The van der Waals surface area contributed by atoms with Gasteiger partial charge in [-0.2, -0.15) is 8.78 Å². The average Bonchev–Trinajstić information content (AvgIpc) is 2.97. The summed E-state index contributed by atoms with van der Waals surface area (Å²) in [6.45, 7) is 3.23. The van der Waals surface area contributed by atoms with Crippen LogP contribution in [0, 0.1) is 29.1 Å². The Hall–Kier alpha value is -4.73. The van der Waals surface area contributed by atoms with E-state index in [1.807, 2.05) is 42.5 Å². The Kier molecular flexibility index (Phi) is 8.71. The van der Waals surface area contributed by atoms with Crippen molar-refractivity contribution in [2.75, 3.05) is 0 Å². The zero-order valence-corrected chi connectivity index (χ0v) is 21.9. The summed E-state index contributed by atoms with van der Waals surface area (Å²) < 4.78 is 79.2. The number of hydrogen-bond acceptors (Lipinski definition) is 4. The van der Waals surface area contributed by atoms with E-state index >= 15 is 0 Å². The van der Waals surface area contributed by atoms with E-state index in [-0.39, 0.29) is 6.42 Å². The molecule has 0 radical (unpaired) electrons. The number of rotatable bonds is 8. The third-order valence-corrected chi connectivity index (χ3v) is 6.27. The van der Waals surface area contributed by atoms with Crippen LogP contribution in [0.4, 0.5) is 26.7 Å². The van der Waals surface area contributed by atoms with Crippen molar-refractivity contribution in [3.8, 4) is 16.9 Å². The van der Waals surface area contributed by atoms with Crippen molar-refractivity contribution < 1.29 is 41.0 Å². The highest BCUT2D eigenvalue weighted by molar-refractivity contribution is 5.83. The number of hydrogen-bond donors (Lipinski definition) is 1. The van der Waals surface area contributed by atoms with Crippen molar-refractivity contribution in [2.45, 2.75) is 31.9 Å². The number of carbonyl (C=O) groups is 2. The molecular weight excluding hydrogens is 545 g/mol. The van der Waals surface area contributed by atoms with E-state index in [0.29, 0.717) is 11.1 Å². The first-order valence-corrected chi connectivity index (χ1v) is 12.4. The van der Waals surface area contributed by atoms with Crippen molar-refractivity contribution >= 4 is 12.1 Å². The smallest absolute Gasteiger partial charge is 0.408 e. The van der Waals surface area contributed by atoms with E-state index in [0.717, 1.165) is 11.1 Å². The van der Waals surface area contributed by atoms with Gasteiger partial charge in [-0.25, -0.2) is 22.8 Å². The molecule has 0 spiro atoms. The number of halogens is 5. The van der Waals surface area contributed by atoms with Crippen molar-refractivity contribution in [2.24, 2.45) is 0 Å². The standard InChI is InChI=1S/C31H24F5NO4/c1-31(2,21-15-13-20(14-16-21)19-11-7-4-8-12-19)41-30(39)37-22(17-18-9-5-3-6-10-18)29(38)40-28-26(35)24(33)23(32)25(34)27(28)36/h3-16,22H,17H2,1-2H3,(H,37,39). The maximum Gasteiger partial charge on any atom is 0.408 e. The van der Waals surface area contributed by atoms with Crippen LogP contribution in [0.1, 0.15) is 25.0 Å². The van der Waals surface area contributed by atoms with Crippen LogP contribution in [0.3, 0.4) is 0 Å². The van der Waals surface area contributed by atoms with E-state index in [1.165, 1.54) is 0 Å². The summed E-state index contributed by atoms with van der Waals surface area (Å²) in [6, 6.07) is 23.4. The van der Waals surface area contributed by atoms with Gasteiger partial charge < -0.3 is 14.8 Å². The van der Waals surface area contributed by atoms with Crippen LogP contribution in [0.5, 0.6) is 5.75 Å². The van der Waals surface area contributed by atoms with Gasteiger partial charge in [-0.1, -0.05) is 84.9 Å². The van der Waals surface area contributed by atoms with Gasteiger partial charge in [-0.15, -0.1) is 0 Å². The normalized spacial score (nSPS) is 12.0. The molecule has 4 rings (SSSR count). The molecule has 5 nitrogen and oxygen atoms in total. The third-order valence-electron chi connectivity index (χ3n) is 6.27. The Labute approximate surface area is 232 Å². The largest absolute Gasteiger partial charge is 0.439 e. The third kappa shape index (κ3) is 6.71. The van der Waals surface area contributed by atoms with E-state index in [4.69, 9.17) is 4.74 Å². The Bertz CT molecular complexity index is 1520.